The first-order valence-corrected chi connectivity index (χ1v) is 6.64. The van der Waals surface area contributed by atoms with Crippen LogP contribution in [0.25, 0.3) is 5.57 Å². The van der Waals surface area contributed by atoms with Crippen molar-refractivity contribution in [3.63, 3.8) is 0 Å². The summed E-state index contributed by atoms with van der Waals surface area (Å²) in [5.74, 6) is 0. The SMILES string of the molecule is CN1CC=C(c2ccccc2)CC1.c1ccncc1. The maximum absolute atomic E-state index is 3.78. The summed E-state index contributed by atoms with van der Waals surface area (Å²) in [4.78, 5) is 6.12. The predicted octanol–water partition coefficient (Wildman–Crippen LogP) is 3.49. The lowest BCUT2D eigenvalue weighted by atomic mass is 10.00. The van der Waals surface area contributed by atoms with Crippen molar-refractivity contribution in [2.75, 3.05) is 20.1 Å². The van der Waals surface area contributed by atoms with Crippen LogP contribution in [-0.4, -0.2) is 30.0 Å². The maximum atomic E-state index is 3.78. The van der Waals surface area contributed by atoms with Crippen LogP contribution < -0.4 is 0 Å². The Bertz CT molecular complexity index is 464. The molecule has 2 heteroatoms. The van der Waals surface area contributed by atoms with Gasteiger partial charge in [0.1, 0.15) is 0 Å². The molecule has 0 amide bonds. The monoisotopic (exact) mass is 252 g/mol. The highest BCUT2D eigenvalue weighted by molar-refractivity contribution is 5.66. The van der Waals surface area contributed by atoms with Gasteiger partial charge in [-0.15, -0.1) is 0 Å². The van der Waals surface area contributed by atoms with E-state index in [9.17, 15) is 0 Å². The molecular formula is C17H20N2. The molecule has 0 saturated carbocycles. The molecule has 0 spiro atoms. The zero-order valence-electron chi connectivity index (χ0n) is 11.4. The molecule has 19 heavy (non-hydrogen) atoms. The summed E-state index contributed by atoms with van der Waals surface area (Å²) in [7, 11) is 2.16. The summed E-state index contributed by atoms with van der Waals surface area (Å²) < 4.78 is 0. The highest BCUT2D eigenvalue weighted by atomic mass is 15.1. The first kappa shape index (κ1) is 13.5. The Morgan fingerprint density at radius 3 is 2.11 bits per heavy atom. The van der Waals surface area contributed by atoms with Gasteiger partial charge >= 0.3 is 0 Å². The van der Waals surface area contributed by atoms with E-state index in [1.54, 1.807) is 12.4 Å². The third-order valence-electron chi connectivity index (χ3n) is 3.12. The van der Waals surface area contributed by atoms with Gasteiger partial charge in [0, 0.05) is 25.5 Å². The van der Waals surface area contributed by atoms with Crippen molar-refractivity contribution in [1.29, 1.82) is 0 Å². The molecule has 0 aliphatic carbocycles. The second-order valence-electron chi connectivity index (χ2n) is 4.63. The molecule has 1 aliphatic heterocycles. The van der Waals surface area contributed by atoms with Gasteiger partial charge in [-0.25, -0.2) is 0 Å². The summed E-state index contributed by atoms with van der Waals surface area (Å²) in [6.07, 6.45) is 7.01. The summed E-state index contributed by atoms with van der Waals surface area (Å²) in [6.45, 7) is 2.27. The fraction of sp³-hybridized carbons (Fsp3) is 0.235. The lowest BCUT2D eigenvalue weighted by Crippen LogP contribution is -2.23. The van der Waals surface area contributed by atoms with Gasteiger partial charge in [-0.2, -0.15) is 0 Å². The second kappa shape index (κ2) is 7.49. The third kappa shape index (κ3) is 4.68. The smallest absolute Gasteiger partial charge is 0.0267 e. The Hall–Kier alpha value is -1.93. The molecule has 0 unspecified atom stereocenters. The molecule has 1 aromatic heterocycles. The fourth-order valence-electron chi connectivity index (χ4n) is 2.00. The van der Waals surface area contributed by atoms with Gasteiger partial charge in [0.15, 0.2) is 0 Å². The molecule has 0 atom stereocenters. The van der Waals surface area contributed by atoms with Crippen molar-refractivity contribution < 1.29 is 0 Å². The van der Waals surface area contributed by atoms with Gasteiger partial charge in [-0.3, -0.25) is 4.98 Å². The van der Waals surface area contributed by atoms with E-state index in [-0.39, 0.29) is 0 Å². The van der Waals surface area contributed by atoms with E-state index < -0.39 is 0 Å². The molecule has 1 aliphatic rings. The van der Waals surface area contributed by atoms with Gasteiger partial charge in [-0.05, 0) is 36.7 Å². The Balaban J connectivity index is 0.000000186. The predicted molar refractivity (Wildman–Crippen MR) is 80.8 cm³/mol. The van der Waals surface area contributed by atoms with Gasteiger partial charge in [0.2, 0.25) is 0 Å². The van der Waals surface area contributed by atoms with Crippen molar-refractivity contribution in [1.82, 2.24) is 9.88 Å². The van der Waals surface area contributed by atoms with E-state index in [0.717, 1.165) is 6.54 Å². The van der Waals surface area contributed by atoms with Crippen molar-refractivity contribution in [3.8, 4) is 0 Å². The largest absolute Gasteiger partial charge is 0.302 e. The Labute approximate surface area is 115 Å². The highest BCUT2D eigenvalue weighted by Gasteiger charge is 2.08. The summed E-state index contributed by atoms with van der Waals surface area (Å²) >= 11 is 0. The first-order chi connectivity index (χ1) is 9.36. The van der Waals surface area contributed by atoms with Crippen molar-refractivity contribution in [3.05, 3.63) is 72.6 Å². The zero-order chi connectivity index (χ0) is 13.3. The van der Waals surface area contributed by atoms with Crippen LogP contribution in [-0.2, 0) is 0 Å². The molecule has 0 saturated heterocycles. The summed E-state index contributed by atoms with van der Waals surface area (Å²) in [6, 6.07) is 16.4. The van der Waals surface area contributed by atoms with Crippen molar-refractivity contribution in [2.24, 2.45) is 0 Å². The van der Waals surface area contributed by atoms with Crippen LogP contribution in [0.5, 0.6) is 0 Å². The molecule has 0 bridgehead atoms. The molecule has 3 rings (SSSR count). The van der Waals surface area contributed by atoms with Crippen LogP contribution in [0.2, 0.25) is 0 Å². The number of rotatable bonds is 1. The fourth-order valence-corrected chi connectivity index (χ4v) is 2.00. The van der Waals surface area contributed by atoms with Crippen LogP contribution in [0.15, 0.2) is 67.0 Å². The van der Waals surface area contributed by atoms with E-state index >= 15 is 0 Å². The van der Waals surface area contributed by atoms with Crippen LogP contribution in [0.4, 0.5) is 0 Å². The first-order valence-electron chi connectivity index (χ1n) is 6.64. The topological polar surface area (TPSA) is 16.1 Å². The molecule has 98 valence electrons. The van der Waals surface area contributed by atoms with E-state index in [1.807, 2.05) is 18.2 Å². The normalized spacial score (nSPS) is 15.1. The van der Waals surface area contributed by atoms with E-state index in [4.69, 9.17) is 0 Å². The van der Waals surface area contributed by atoms with Gasteiger partial charge in [0.25, 0.3) is 0 Å². The molecule has 2 heterocycles. The average Bonchev–Trinajstić information content (AvgIpc) is 2.51. The van der Waals surface area contributed by atoms with E-state index in [0.29, 0.717) is 0 Å². The molecule has 2 nitrogen and oxygen atoms in total. The minimum Gasteiger partial charge on any atom is -0.302 e. The number of pyridine rings is 1. The number of hydrogen-bond acceptors (Lipinski definition) is 2. The minimum atomic E-state index is 1.09. The second-order valence-corrected chi connectivity index (χ2v) is 4.63. The quantitative estimate of drug-likeness (QED) is 0.772. The molecule has 1 aromatic carbocycles. The van der Waals surface area contributed by atoms with Crippen LogP contribution >= 0.6 is 0 Å². The lowest BCUT2D eigenvalue weighted by Gasteiger charge is -2.21. The zero-order valence-corrected chi connectivity index (χ0v) is 11.4. The number of likely N-dealkylation sites (N-methyl/N-ethyl adjacent to an activating group) is 1. The van der Waals surface area contributed by atoms with Crippen LogP contribution in [0.3, 0.4) is 0 Å². The maximum Gasteiger partial charge on any atom is 0.0267 e. The number of aromatic nitrogens is 1. The third-order valence-corrected chi connectivity index (χ3v) is 3.12. The molecular weight excluding hydrogens is 232 g/mol. The van der Waals surface area contributed by atoms with Crippen LogP contribution in [0.1, 0.15) is 12.0 Å². The standard InChI is InChI=1S/C12H15N.C5H5N/c1-13-9-7-12(8-10-13)11-5-3-2-4-6-11;1-2-4-6-5-3-1/h2-7H,8-10H2,1H3;1-5H. The number of hydrogen-bond donors (Lipinski definition) is 0. The average molecular weight is 252 g/mol. The number of nitrogens with zero attached hydrogens (tertiary/aromatic N) is 2. The number of benzene rings is 1. The van der Waals surface area contributed by atoms with Gasteiger partial charge in [-0.1, -0.05) is 42.5 Å². The minimum absolute atomic E-state index is 1.09. The molecule has 0 N–H and O–H groups in total. The van der Waals surface area contributed by atoms with E-state index in [2.05, 4.69) is 53.3 Å². The van der Waals surface area contributed by atoms with Gasteiger partial charge in [0.05, 0.1) is 0 Å². The summed E-state index contributed by atoms with van der Waals surface area (Å²) in [5, 5.41) is 0. The van der Waals surface area contributed by atoms with Gasteiger partial charge < -0.3 is 4.90 Å². The Kier molecular flexibility index (Phi) is 5.32. The van der Waals surface area contributed by atoms with Crippen molar-refractivity contribution >= 4 is 5.57 Å². The Morgan fingerprint density at radius 1 is 0.947 bits per heavy atom. The molecule has 0 radical (unpaired) electrons. The lowest BCUT2D eigenvalue weighted by molar-refractivity contribution is 0.370. The van der Waals surface area contributed by atoms with E-state index in [1.165, 1.54) is 24.1 Å². The Morgan fingerprint density at radius 2 is 1.63 bits per heavy atom. The highest BCUT2D eigenvalue weighted by Crippen LogP contribution is 2.20. The van der Waals surface area contributed by atoms with Crippen LogP contribution in [0, 0.1) is 0 Å². The van der Waals surface area contributed by atoms with Crippen molar-refractivity contribution in [2.45, 2.75) is 6.42 Å². The molecule has 2 aromatic rings. The molecule has 0 fully saturated rings. The summed E-state index contributed by atoms with van der Waals surface area (Å²) in [5.41, 5.74) is 2.88.